The number of pyridine rings is 1. The van der Waals surface area contributed by atoms with Gasteiger partial charge in [0, 0.05) is 30.3 Å². The van der Waals surface area contributed by atoms with Crippen molar-refractivity contribution >= 4 is 6.03 Å². The van der Waals surface area contributed by atoms with E-state index in [9.17, 15) is 9.59 Å². The molecule has 1 saturated heterocycles. The van der Waals surface area contributed by atoms with Gasteiger partial charge in [0.05, 0.1) is 13.2 Å². The Morgan fingerprint density at radius 3 is 2.90 bits per heavy atom. The van der Waals surface area contributed by atoms with Crippen LogP contribution in [0, 0.1) is 19.8 Å². The van der Waals surface area contributed by atoms with Crippen molar-refractivity contribution in [1.29, 1.82) is 0 Å². The van der Waals surface area contributed by atoms with Gasteiger partial charge in [0.25, 0.3) is 5.56 Å². The van der Waals surface area contributed by atoms with E-state index in [4.69, 9.17) is 4.74 Å². The predicted octanol–water partition coefficient (Wildman–Crippen LogP) is 0.827. The van der Waals surface area contributed by atoms with Crippen molar-refractivity contribution in [3.8, 4) is 0 Å². The molecule has 1 unspecified atom stereocenters. The van der Waals surface area contributed by atoms with Crippen molar-refractivity contribution in [2.75, 3.05) is 19.8 Å². The molecule has 1 aromatic heterocycles. The van der Waals surface area contributed by atoms with Gasteiger partial charge < -0.3 is 20.4 Å². The summed E-state index contributed by atoms with van der Waals surface area (Å²) in [6.45, 7) is 6.02. The Hall–Kier alpha value is -1.82. The number of aromatic amines is 1. The number of H-pyrrole nitrogens is 1. The van der Waals surface area contributed by atoms with Crippen LogP contribution in [0.4, 0.5) is 4.79 Å². The molecule has 1 atom stereocenters. The number of ether oxygens (including phenoxy) is 1. The molecule has 6 heteroatoms. The van der Waals surface area contributed by atoms with Crippen LogP contribution in [-0.4, -0.2) is 30.8 Å². The Morgan fingerprint density at radius 2 is 2.25 bits per heavy atom. The number of hydrogen-bond acceptors (Lipinski definition) is 3. The minimum absolute atomic E-state index is 0.146. The number of nitrogens with one attached hydrogen (secondary N) is 3. The van der Waals surface area contributed by atoms with Crippen LogP contribution < -0.4 is 16.2 Å². The van der Waals surface area contributed by atoms with Gasteiger partial charge in [-0.15, -0.1) is 0 Å². The first-order valence-electron chi connectivity index (χ1n) is 6.85. The van der Waals surface area contributed by atoms with Crippen LogP contribution in [0.25, 0.3) is 0 Å². The van der Waals surface area contributed by atoms with Gasteiger partial charge in [0.15, 0.2) is 0 Å². The van der Waals surface area contributed by atoms with E-state index in [0.29, 0.717) is 24.6 Å². The zero-order chi connectivity index (χ0) is 14.5. The molecule has 3 N–H and O–H groups in total. The summed E-state index contributed by atoms with van der Waals surface area (Å²) in [4.78, 5) is 26.2. The molecule has 1 aliphatic heterocycles. The fraction of sp³-hybridized carbons (Fsp3) is 0.571. The molecule has 0 radical (unpaired) electrons. The normalized spacial score (nSPS) is 18.0. The molecule has 2 heterocycles. The maximum Gasteiger partial charge on any atom is 0.315 e. The molecule has 1 aliphatic rings. The number of urea groups is 1. The SMILES string of the molecule is Cc1cc(C)c(CNC(=O)NCC2CCOC2)c(=O)[nH]1. The number of rotatable bonds is 4. The standard InChI is InChI=1S/C14H21N3O3/c1-9-5-10(2)17-13(18)12(9)7-16-14(19)15-6-11-3-4-20-8-11/h5,11H,3-4,6-8H2,1-2H3,(H,17,18)(H2,15,16,19). The van der Waals surface area contributed by atoms with Gasteiger partial charge in [-0.25, -0.2) is 4.79 Å². The lowest BCUT2D eigenvalue weighted by Crippen LogP contribution is -2.39. The highest BCUT2D eigenvalue weighted by atomic mass is 16.5. The van der Waals surface area contributed by atoms with E-state index in [-0.39, 0.29) is 18.1 Å². The van der Waals surface area contributed by atoms with Crippen LogP contribution in [0.1, 0.15) is 23.2 Å². The fourth-order valence-electron chi connectivity index (χ4n) is 2.31. The second-order valence-electron chi connectivity index (χ2n) is 5.24. The zero-order valence-electron chi connectivity index (χ0n) is 11.9. The van der Waals surface area contributed by atoms with Gasteiger partial charge in [-0.1, -0.05) is 0 Å². The lowest BCUT2D eigenvalue weighted by molar-refractivity contribution is 0.185. The average Bonchev–Trinajstić information content (AvgIpc) is 2.88. The van der Waals surface area contributed by atoms with E-state index in [0.717, 1.165) is 24.3 Å². The first-order chi connectivity index (χ1) is 9.56. The number of hydrogen-bond donors (Lipinski definition) is 3. The first-order valence-corrected chi connectivity index (χ1v) is 6.85. The van der Waals surface area contributed by atoms with Crippen LogP contribution in [0.2, 0.25) is 0 Å². The molecule has 0 aliphatic carbocycles. The lowest BCUT2D eigenvalue weighted by atomic mass is 10.1. The summed E-state index contributed by atoms with van der Waals surface area (Å²) in [5.74, 6) is 0.394. The molecule has 0 spiro atoms. The number of amides is 2. The quantitative estimate of drug-likeness (QED) is 0.763. The third kappa shape index (κ3) is 3.84. The molecule has 0 aromatic carbocycles. The van der Waals surface area contributed by atoms with Crippen molar-refractivity contribution in [1.82, 2.24) is 15.6 Å². The maximum absolute atomic E-state index is 11.8. The zero-order valence-corrected chi connectivity index (χ0v) is 11.9. The van der Waals surface area contributed by atoms with Crippen LogP contribution in [-0.2, 0) is 11.3 Å². The molecule has 1 aromatic rings. The number of aryl methyl sites for hydroxylation is 2. The molecule has 0 saturated carbocycles. The minimum Gasteiger partial charge on any atom is -0.381 e. The number of carbonyl (C=O) groups excluding carboxylic acids is 1. The summed E-state index contributed by atoms with van der Waals surface area (Å²) in [6.07, 6.45) is 0.983. The smallest absolute Gasteiger partial charge is 0.315 e. The Balaban J connectivity index is 1.82. The Bertz CT molecular complexity index is 533. The summed E-state index contributed by atoms with van der Waals surface area (Å²) >= 11 is 0. The van der Waals surface area contributed by atoms with Gasteiger partial charge in [0.1, 0.15) is 0 Å². The maximum atomic E-state index is 11.8. The van der Waals surface area contributed by atoms with Crippen LogP contribution in [0.15, 0.2) is 10.9 Å². The second-order valence-corrected chi connectivity index (χ2v) is 5.24. The molecule has 0 bridgehead atoms. The highest BCUT2D eigenvalue weighted by molar-refractivity contribution is 5.73. The summed E-state index contributed by atoms with van der Waals surface area (Å²) in [5.41, 5.74) is 2.15. The lowest BCUT2D eigenvalue weighted by Gasteiger charge is -2.11. The van der Waals surface area contributed by atoms with Gasteiger partial charge in [-0.3, -0.25) is 4.79 Å². The van der Waals surface area contributed by atoms with Gasteiger partial charge >= 0.3 is 6.03 Å². The minimum atomic E-state index is -0.253. The third-order valence-corrected chi connectivity index (χ3v) is 3.49. The van der Waals surface area contributed by atoms with Gasteiger partial charge in [-0.05, 0) is 31.9 Å². The number of aromatic nitrogens is 1. The van der Waals surface area contributed by atoms with Crippen molar-refractivity contribution in [2.45, 2.75) is 26.8 Å². The Labute approximate surface area is 117 Å². The summed E-state index contributed by atoms with van der Waals surface area (Å²) in [5, 5.41) is 5.52. The van der Waals surface area contributed by atoms with Crippen molar-refractivity contribution in [3.63, 3.8) is 0 Å². The first kappa shape index (κ1) is 14.6. The fourth-order valence-corrected chi connectivity index (χ4v) is 2.31. The van der Waals surface area contributed by atoms with Crippen LogP contribution in [0.5, 0.6) is 0 Å². The van der Waals surface area contributed by atoms with Crippen molar-refractivity contribution < 1.29 is 9.53 Å². The molecule has 20 heavy (non-hydrogen) atoms. The highest BCUT2D eigenvalue weighted by Crippen LogP contribution is 2.10. The van der Waals surface area contributed by atoms with E-state index in [1.807, 2.05) is 19.9 Å². The van der Waals surface area contributed by atoms with E-state index in [1.54, 1.807) is 0 Å². The second kappa shape index (κ2) is 6.56. The topological polar surface area (TPSA) is 83.2 Å². The molecule has 2 amide bonds. The molecule has 2 rings (SSSR count). The largest absolute Gasteiger partial charge is 0.381 e. The highest BCUT2D eigenvalue weighted by Gasteiger charge is 2.16. The van der Waals surface area contributed by atoms with Crippen LogP contribution in [0.3, 0.4) is 0 Å². The Kier molecular flexibility index (Phi) is 4.79. The summed E-state index contributed by atoms with van der Waals surface area (Å²) in [7, 11) is 0. The monoisotopic (exact) mass is 279 g/mol. The van der Waals surface area contributed by atoms with E-state index < -0.39 is 0 Å². The van der Waals surface area contributed by atoms with Gasteiger partial charge in [0.2, 0.25) is 0 Å². The van der Waals surface area contributed by atoms with Crippen molar-refractivity contribution in [2.24, 2.45) is 5.92 Å². The number of carbonyl (C=O) groups is 1. The summed E-state index contributed by atoms with van der Waals surface area (Å²) < 4.78 is 5.24. The molecule has 1 fully saturated rings. The Morgan fingerprint density at radius 1 is 1.45 bits per heavy atom. The van der Waals surface area contributed by atoms with Crippen LogP contribution >= 0.6 is 0 Å². The summed E-state index contributed by atoms with van der Waals surface area (Å²) in [6, 6.07) is 1.64. The average molecular weight is 279 g/mol. The molecular weight excluding hydrogens is 258 g/mol. The van der Waals surface area contributed by atoms with Gasteiger partial charge in [-0.2, -0.15) is 0 Å². The van der Waals surface area contributed by atoms with E-state index >= 15 is 0 Å². The van der Waals surface area contributed by atoms with Crippen molar-refractivity contribution in [3.05, 3.63) is 33.2 Å². The molecule has 110 valence electrons. The molecular formula is C14H21N3O3. The molecule has 6 nitrogen and oxygen atoms in total. The predicted molar refractivity (Wildman–Crippen MR) is 75.7 cm³/mol. The van der Waals surface area contributed by atoms with E-state index in [1.165, 1.54) is 0 Å². The third-order valence-electron chi connectivity index (χ3n) is 3.49. The van der Waals surface area contributed by atoms with E-state index in [2.05, 4.69) is 15.6 Å².